The van der Waals surface area contributed by atoms with Gasteiger partial charge in [0.1, 0.15) is 0 Å². The molecule has 204 valence electrons. The second-order valence-corrected chi connectivity index (χ2v) is 10.4. The van der Waals surface area contributed by atoms with Crippen molar-refractivity contribution in [1.29, 1.82) is 0 Å². The van der Waals surface area contributed by atoms with Gasteiger partial charge in [-0.2, -0.15) is 0 Å². The lowest BCUT2D eigenvalue weighted by Crippen LogP contribution is -1.97. The monoisotopic (exact) mass is 536 g/mol. The van der Waals surface area contributed by atoms with Gasteiger partial charge in [-0.15, -0.1) is 0 Å². The molecule has 8 nitrogen and oxygen atoms in total. The molecular weight excluding hydrogens is 504 g/mol. The molecule has 3 aromatic heterocycles. The fourth-order valence-electron chi connectivity index (χ4n) is 5.43. The van der Waals surface area contributed by atoms with E-state index in [-0.39, 0.29) is 12.8 Å². The number of H-pyrrole nitrogens is 2. The first-order valence-electron chi connectivity index (χ1n) is 13.2. The lowest BCUT2D eigenvalue weighted by Gasteiger charge is -2.05. The van der Waals surface area contributed by atoms with Crippen LogP contribution in [0.25, 0.3) is 50.4 Å². The van der Waals surface area contributed by atoms with E-state index in [2.05, 4.69) is 28.7 Å². The van der Waals surface area contributed by atoms with Crippen LogP contribution < -0.4 is 0 Å². The molecule has 0 atom stereocenters. The molecule has 0 radical (unpaired) electrons. The molecule has 3 aromatic rings. The number of carbonyl (C=O) groups is 2. The summed E-state index contributed by atoms with van der Waals surface area (Å²) >= 11 is 0. The van der Waals surface area contributed by atoms with Crippen LogP contribution in [0.2, 0.25) is 0 Å². The zero-order valence-corrected chi connectivity index (χ0v) is 23.1. The summed E-state index contributed by atoms with van der Waals surface area (Å²) in [6.45, 7) is 12.0. The van der Waals surface area contributed by atoms with E-state index < -0.39 is 11.9 Å². The maximum Gasteiger partial charge on any atom is 0.303 e. The lowest BCUT2D eigenvalue weighted by atomic mass is 9.98. The third-order valence-electron chi connectivity index (χ3n) is 7.73. The fraction of sp³-hybridized carbons (Fsp3) is 0.250. The van der Waals surface area contributed by atoms with Crippen LogP contribution in [0.5, 0.6) is 0 Å². The molecule has 0 aliphatic carbocycles. The summed E-state index contributed by atoms with van der Waals surface area (Å²) in [5, 5.41) is 18.8. The zero-order chi connectivity index (χ0) is 28.7. The average Bonchev–Trinajstić information content (AvgIpc) is 3.56. The maximum absolute atomic E-state index is 11.5. The first kappa shape index (κ1) is 26.9. The molecule has 0 amide bonds. The minimum atomic E-state index is -0.883. The summed E-state index contributed by atoms with van der Waals surface area (Å²) < 4.78 is 0. The molecule has 4 N–H and O–H groups in total. The molecule has 0 saturated carbocycles. The number of aromatic amines is 2. The fourth-order valence-corrected chi connectivity index (χ4v) is 5.43. The number of aliphatic carboxylic acids is 2. The molecule has 0 unspecified atom stereocenters. The van der Waals surface area contributed by atoms with E-state index in [0.717, 1.165) is 72.4 Å². The number of aromatic nitrogens is 4. The average molecular weight is 537 g/mol. The van der Waals surface area contributed by atoms with Gasteiger partial charge in [-0.3, -0.25) is 9.59 Å². The number of hydrogen-bond donors (Lipinski definition) is 4. The zero-order valence-electron chi connectivity index (χ0n) is 23.1. The number of fused-ring (bicyclic) bond motifs is 8. The smallest absolute Gasteiger partial charge is 0.303 e. The summed E-state index contributed by atoms with van der Waals surface area (Å²) in [6.07, 6.45) is 2.42. The molecule has 2 aliphatic heterocycles. The molecule has 0 fully saturated rings. The van der Waals surface area contributed by atoms with Crippen LogP contribution in [0.15, 0.2) is 36.9 Å². The van der Waals surface area contributed by atoms with Crippen molar-refractivity contribution in [2.24, 2.45) is 0 Å². The molecular formula is C32H32N4O4. The predicted octanol–water partition coefficient (Wildman–Crippen LogP) is 7.17. The summed E-state index contributed by atoms with van der Waals surface area (Å²) in [5.41, 5.74) is 13.0. The highest BCUT2D eigenvalue weighted by atomic mass is 16.4. The number of nitrogens with one attached hydrogen (secondary N) is 2. The van der Waals surface area contributed by atoms with E-state index in [0.29, 0.717) is 24.2 Å². The lowest BCUT2D eigenvalue weighted by molar-refractivity contribution is -0.137. The molecule has 0 spiro atoms. The second kappa shape index (κ2) is 10.4. The van der Waals surface area contributed by atoms with Gasteiger partial charge in [0.15, 0.2) is 0 Å². The molecule has 5 heterocycles. The summed E-state index contributed by atoms with van der Waals surface area (Å²) in [5.74, 6) is -1.76. The quantitative estimate of drug-likeness (QED) is 0.253. The van der Waals surface area contributed by atoms with Gasteiger partial charge in [-0.25, -0.2) is 9.97 Å². The van der Waals surface area contributed by atoms with E-state index in [4.69, 9.17) is 9.97 Å². The second-order valence-electron chi connectivity index (χ2n) is 10.4. The van der Waals surface area contributed by atoms with Crippen LogP contribution in [0, 0.1) is 13.8 Å². The summed E-state index contributed by atoms with van der Waals surface area (Å²) in [7, 11) is 0. The SMILES string of the molecule is C=Cc1c(C)c2cc3cc(C)c(cc4nc(cc5nc(cc1[nH]2)C(C)=C5CCC(=O)O)C(CCC(=O)O)=C4C)[nH]3. The Hall–Kier alpha value is -4.72. The molecule has 8 heteroatoms. The highest BCUT2D eigenvalue weighted by Gasteiger charge is 2.22. The largest absolute Gasteiger partial charge is 0.481 e. The van der Waals surface area contributed by atoms with Crippen molar-refractivity contribution in [3.05, 3.63) is 76.4 Å². The van der Waals surface area contributed by atoms with Gasteiger partial charge in [-0.05, 0) is 104 Å². The van der Waals surface area contributed by atoms with Crippen molar-refractivity contribution < 1.29 is 19.8 Å². The molecule has 5 rings (SSSR count). The number of rotatable bonds is 7. The van der Waals surface area contributed by atoms with Gasteiger partial charge in [0.2, 0.25) is 0 Å². The van der Waals surface area contributed by atoms with Crippen molar-refractivity contribution in [3.8, 4) is 0 Å². The van der Waals surface area contributed by atoms with E-state index in [9.17, 15) is 19.8 Å². The minimum absolute atomic E-state index is 0.0234. The Kier molecular flexibility index (Phi) is 7.02. The Morgan fingerprint density at radius 1 is 0.750 bits per heavy atom. The van der Waals surface area contributed by atoms with Gasteiger partial charge in [0.25, 0.3) is 0 Å². The first-order valence-corrected chi connectivity index (χ1v) is 13.2. The molecule has 2 aliphatic rings. The molecule has 0 saturated heterocycles. The Balaban J connectivity index is 1.89. The van der Waals surface area contributed by atoms with Crippen LogP contribution in [0.1, 0.15) is 79.0 Å². The van der Waals surface area contributed by atoms with E-state index in [1.165, 1.54) is 0 Å². The number of aryl methyl sites for hydroxylation is 2. The van der Waals surface area contributed by atoms with Gasteiger partial charge < -0.3 is 20.2 Å². The highest BCUT2D eigenvalue weighted by Crippen LogP contribution is 2.37. The highest BCUT2D eigenvalue weighted by molar-refractivity contribution is 5.96. The summed E-state index contributed by atoms with van der Waals surface area (Å²) in [4.78, 5) is 39.8. The van der Waals surface area contributed by atoms with Gasteiger partial charge in [0.05, 0.1) is 22.8 Å². The Bertz CT molecular complexity index is 1820. The van der Waals surface area contributed by atoms with Crippen LogP contribution in [0.4, 0.5) is 0 Å². The van der Waals surface area contributed by atoms with E-state index >= 15 is 0 Å². The maximum atomic E-state index is 11.5. The first-order chi connectivity index (χ1) is 19.0. The Morgan fingerprint density at radius 3 is 1.82 bits per heavy atom. The standard InChI is InChI=1S/C32H32N4O4/c1-6-21-17(3)25-12-20-11-16(2)24(33-20)13-26-18(4)22(7-9-31(37)38)29(35-26)15-30-23(8-10-32(39)40)19(5)27(36-30)14-28(21)34-25/h6,11-15,33-34H,1,7-10H2,2-5H3,(H,37,38)(H,39,40). The van der Waals surface area contributed by atoms with Crippen molar-refractivity contribution in [3.63, 3.8) is 0 Å². The van der Waals surface area contributed by atoms with E-state index in [1.54, 1.807) is 0 Å². The van der Waals surface area contributed by atoms with Crippen molar-refractivity contribution in [2.75, 3.05) is 0 Å². The Morgan fingerprint density at radius 2 is 1.30 bits per heavy atom. The van der Waals surface area contributed by atoms with Gasteiger partial charge >= 0.3 is 11.9 Å². The normalized spacial score (nSPS) is 13.2. The van der Waals surface area contributed by atoms with Gasteiger partial charge in [0, 0.05) is 40.5 Å². The number of hydrogen-bond acceptors (Lipinski definition) is 4. The number of nitrogens with zero attached hydrogens (tertiary/aromatic N) is 2. The predicted molar refractivity (Wildman–Crippen MR) is 159 cm³/mol. The molecule has 40 heavy (non-hydrogen) atoms. The van der Waals surface area contributed by atoms with Gasteiger partial charge in [-0.1, -0.05) is 12.7 Å². The van der Waals surface area contributed by atoms with Crippen LogP contribution in [0.3, 0.4) is 0 Å². The third kappa shape index (κ3) is 5.00. The number of allylic oxidation sites excluding steroid dienone is 4. The Labute approximate surface area is 231 Å². The van der Waals surface area contributed by atoms with Crippen LogP contribution >= 0.6 is 0 Å². The van der Waals surface area contributed by atoms with Crippen molar-refractivity contribution >= 4 is 62.4 Å². The molecule has 0 aromatic carbocycles. The molecule has 8 bridgehead atoms. The summed E-state index contributed by atoms with van der Waals surface area (Å²) in [6, 6.07) is 9.99. The minimum Gasteiger partial charge on any atom is -0.481 e. The van der Waals surface area contributed by atoms with Crippen LogP contribution in [-0.2, 0) is 9.59 Å². The van der Waals surface area contributed by atoms with E-state index in [1.807, 2.05) is 52.0 Å². The number of carboxylic acid groups (broad SMARTS) is 2. The van der Waals surface area contributed by atoms with Crippen molar-refractivity contribution in [2.45, 2.75) is 53.4 Å². The topological polar surface area (TPSA) is 132 Å². The number of carboxylic acids is 2. The third-order valence-corrected chi connectivity index (χ3v) is 7.73. The van der Waals surface area contributed by atoms with Crippen LogP contribution in [-0.4, -0.2) is 42.1 Å². The van der Waals surface area contributed by atoms with Crippen molar-refractivity contribution in [1.82, 2.24) is 19.9 Å².